The monoisotopic (exact) mass is 442 g/mol. The number of hydrogen-bond acceptors (Lipinski definition) is 5. The molecule has 156 valence electrons. The molecule has 1 aromatic heterocycles. The Bertz CT molecular complexity index is 1060. The maximum atomic E-state index is 12.4. The number of halogens is 1. The molecule has 0 unspecified atom stereocenters. The number of benzene rings is 2. The SMILES string of the molecule is CCCOc1ccc(C=CC(=O)Nc2nc(-c3cccc(Cl)c3)c(C)s2)cc1OC. The fraction of sp³-hybridized carbons (Fsp3) is 0.217. The fourth-order valence-corrected chi connectivity index (χ4v) is 3.82. The van der Waals surface area contributed by atoms with Gasteiger partial charge in [0.1, 0.15) is 0 Å². The number of nitrogens with one attached hydrogen (secondary N) is 1. The van der Waals surface area contributed by atoms with Crippen molar-refractivity contribution in [1.29, 1.82) is 0 Å². The van der Waals surface area contributed by atoms with E-state index in [9.17, 15) is 4.79 Å². The van der Waals surface area contributed by atoms with Gasteiger partial charge in [0.05, 0.1) is 19.4 Å². The summed E-state index contributed by atoms with van der Waals surface area (Å²) in [6.07, 6.45) is 4.11. The van der Waals surface area contributed by atoms with Crippen molar-refractivity contribution < 1.29 is 14.3 Å². The van der Waals surface area contributed by atoms with Crippen LogP contribution >= 0.6 is 22.9 Å². The molecule has 1 amide bonds. The molecule has 30 heavy (non-hydrogen) atoms. The molecule has 7 heteroatoms. The number of nitrogens with zero attached hydrogens (tertiary/aromatic N) is 1. The second kappa shape index (κ2) is 10.3. The number of anilines is 1. The minimum atomic E-state index is -0.258. The first-order chi connectivity index (χ1) is 14.5. The maximum absolute atomic E-state index is 12.4. The highest BCUT2D eigenvalue weighted by molar-refractivity contribution is 7.16. The molecule has 0 saturated heterocycles. The smallest absolute Gasteiger partial charge is 0.250 e. The first kappa shape index (κ1) is 21.9. The van der Waals surface area contributed by atoms with Gasteiger partial charge in [0, 0.05) is 21.5 Å². The standard InChI is InChI=1S/C23H23ClN2O3S/c1-4-12-29-19-10-8-16(13-20(19)28-3)9-11-21(27)25-23-26-22(15(2)30-23)17-6-5-7-18(24)14-17/h5-11,13-14H,4,12H2,1-3H3,(H,25,26,27). The topological polar surface area (TPSA) is 60.5 Å². The Morgan fingerprint density at radius 1 is 1.23 bits per heavy atom. The van der Waals surface area contributed by atoms with Crippen LogP contribution in [0.4, 0.5) is 5.13 Å². The van der Waals surface area contributed by atoms with Crippen LogP contribution in [0.5, 0.6) is 11.5 Å². The molecular formula is C23H23ClN2O3S. The first-order valence-corrected chi connectivity index (χ1v) is 10.7. The van der Waals surface area contributed by atoms with Crippen molar-refractivity contribution in [1.82, 2.24) is 4.98 Å². The highest BCUT2D eigenvalue weighted by Crippen LogP contribution is 2.32. The summed E-state index contributed by atoms with van der Waals surface area (Å²) >= 11 is 7.50. The Morgan fingerprint density at radius 3 is 2.80 bits per heavy atom. The van der Waals surface area contributed by atoms with Gasteiger partial charge < -0.3 is 9.47 Å². The van der Waals surface area contributed by atoms with Crippen molar-refractivity contribution in [2.45, 2.75) is 20.3 Å². The predicted octanol–water partition coefficient (Wildman–Crippen LogP) is 6.22. The summed E-state index contributed by atoms with van der Waals surface area (Å²) in [5.41, 5.74) is 2.57. The molecule has 2 aromatic carbocycles. The van der Waals surface area contributed by atoms with E-state index < -0.39 is 0 Å². The van der Waals surface area contributed by atoms with E-state index in [2.05, 4.69) is 10.3 Å². The average Bonchev–Trinajstić information content (AvgIpc) is 3.10. The molecule has 1 N–H and O–H groups in total. The number of methoxy groups -OCH3 is 1. The molecule has 1 heterocycles. The molecule has 0 fully saturated rings. The van der Waals surface area contributed by atoms with Crippen LogP contribution in [-0.4, -0.2) is 24.6 Å². The Morgan fingerprint density at radius 2 is 2.07 bits per heavy atom. The van der Waals surface area contributed by atoms with Crippen LogP contribution in [0.3, 0.4) is 0 Å². The van der Waals surface area contributed by atoms with Crippen molar-refractivity contribution in [3.05, 3.63) is 64.0 Å². The molecule has 3 aromatic rings. The lowest BCUT2D eigenvalue weighted by molar-refractivity contribution is -0.111. The quantitative estimate of drug-likeness (QED) is 0.420. The van der Waals surface area contributed by atoms with Gasteiger partial charge in [-0.3, -0.25) is 10.1 Å². The largest absolute Gasteiger partial charge is 0.493 e. The number of hydrogen-bond donors (Lipinski definition) is 1. The van der Waals surface area contributed by atoms with E-state index in [1.807, 2.05) is 56.3 Å². The van der Waals surface area contributed by atoms with Crippen LogP contribution in [0.1, 0.15) is 23.8 Å². The van der Waals surface area contributed by atoms with Crippen LogP contribution in [0.2, 0.25) is 5.02 Å². The summed E-state index contributed by atoms with van der Waals surface area (Å²) in [5, 5.41) is 4.01. The van der Waals surface area contributed by atoms with Gasteiger partial charge in [-0.25, -0.2) is 4.98 Å². The summed E-state index contributed by atoms with van der Waals surface area (Å²) < 4.78 is 11.0. The lowest BCUT2D eigenvalue weighted by atomic mass is 10.1. The third kappa shape index (κ3) is 5.62. The number of ether oxygens (including phenoxy) is 2. The Balaban J connectivity index is 1.68. The van der Waals surface area contributed by atoms with E-state index in [4.69, 9.17) is 21.1 Å². The van der Waals surface area contributed by atoms with Crippen LogP contribution < -0.4 is 14.8 Å². The van der Waals surface area contributed by atoms with Crippen LogP contribution in [0.25, 0.3) is 17.3 Å². The lowest BCUT2D eigenvalue weighted by Gasteiger charge is -2.10. The first-order valence-electron chi connectivity index (χ1n) is 9.53. The van der Waals surface area contributed by atoms with Crippen molar-refractivity contribution in [3.63, 3.8) is 0 Å². The Hall–Kier alpha value is -2.83. The highest BCUT2D eigenvalue weighted by atomic mass is 35.5. The maximum Gasteiger partial charge on any atom is 0.250 e. The van der Waals surface area contributed by atoms with Gasteiger partial charge in [0.25, 0.3) is 0 Å². The summed E-state index contributed by atoms with van der Waals surface area (Å²) in [6.45, 7) is 4.64. The molecule has 0 aliphatic heterocycles. The number of carbonyl (C=O) groups is 1. The van der Waals surface area contributed by atoms with Crippen LogP contribution in [-0.2, 0) is 4.79 Å². The van der Waals surface area contributed by atoms with Crippen molar-refractivity contribution in [2.75, 3.05) is 19.0 Å². The lowest BCUT2D eigenvalue weighted by Crippen LogP contribution is -2.07. The van der Waals surface area contributed by atoms with Gasteiger partial charge in [-0.1, -0.05) is 36.7 Å². The van der Waals surface area contributed by atoms with Gasteiger partial charge in [-0.05, 0) is 49.2 Å². The van der Waals surface area contributed by atoms with E-state index in [-0.39, 0.29) is 5.91 Å². The van der Waals surface area contributed by atoms with E-state index in [0.717, 1.165) is 28.1 Å². The number of rotatable bonds is 8. The molecule has 0 aliphatic rings. The summed E-state index contributed by atoms with van der Waals surface area (Å²) in [7, 11) is 1.59. The zero-order valence-electron chi connectivity index (χ0n) is 17.1. The number of carbonyl (C=O) groups excluding carboxylic acids is 1. The van der Waals surface area contributed by atoms with E-state index >= 15 is 0 Å². The van der Waals surface area contributed by atoms with Crippen LogP contribution in [0, 0.1) is 6.92 Å². The molecule has 5 nitrogen and oxygen atoms in total. The molecular weight excluding hydrogens is 420 g/mol. The van der Waals surface area contributed by atoms with Gasteiger partial charge in [-0.15, -0.1) is 11.3 Å². The van der Waals surface area contributed by atoms with Gasteiger partial charge in [-0.2, -0.15) is 0 Å². The Kier molecular flexibility index (Phi) is 7.49. The summed E-state index contributed by atoms with van der Waals surface area (Å²) in [4.78, 5) is 17.9. The second-order valence-corrected chi connectivity index (χ2v) is 8.16. The number of amides is 1. The van der Waals surface area contributed by atoms with Crippen molar-refractivity contribution >= 4 is 40.1 Å². The molecule has 0 aliphatic carbocycles. The molecule has 0 saturated carbocycles. The van der Waals surface area contributed by atoms with E-state index in [0.29, 0.717) is 28.3 Å². The van der Waals surface area contributed by atoms with Crippen molar-refractivity contribution in [2.24, 2.45) is 0 Å². The molecule has 0 radical (unpaired) electrons. The van der Waals surface area contributed by atoms with Gasteiger partial charge >= 0.3 is 0 Å². The van der Waals surface area contributed by atoms with Crippen molar-refractivity contribution in [3.8, 4) is 22.8 Å². The predicted molar refractivity (Wildman–Crippen MR) is 124 cm³/mol. The average molecular weight is 443 g/mol. The molecule has 0 atom stereocenters. The summed E-state index contributed by atoms with van der Waals surface area (Å²) in [6, 6.07) is 13.0. The molecule has 0 bridgehead atoms. The zero-order chi connectivity index (χ0) is 21.5. The van der Waals surface area contributed by atoms with Gasteiger partial charge in [0.2, 0.25) is 5.91 Å². The third-order valence-electron chi connectivity index (χ3n) is 4.20. The highest BCUT2D eigenvalue weighted by Gasteiger charge is 2.11. The summed E-state index contributed by atoms with van der Waals surface area (Å²) in [5.74, 6) is 1.06. The zero-order valence-corrected chi connectivity index (χ0v) is 18.6. The Labute approximate surface area is 185 Å². The van der Waals surface area contributed by atoms with E-state index in [1.54, 1.807) is 13.2 Å². The van der Waals surface area contributed by atoms with Gasteiger partial charge in [0.15, 0.2) is 16.6 Å². The number of aromatic nitrogens is 1. The fourth-order valence-electron chi connectivity index (χ4n) is 2.79. The third-order valence-corrected chi connectivity index (χ3v) is 5.32. The minimum Gasteiger partial charge on any atom is -0.493 e. The number of thiazole rings is 1. The number of aryl methyl sites for hydroxylation is 1. The molecule has 3 rings (SSSR count). The van der Waals surface area contributed by atoms with E-state index in [1.165, 1.54) is 17.4 Å². The normalized spacial score (nSPS) is 10.9. The minimum absolute atomic E-state index is 0.258. The second-order valence-electron chi connectivity index (χ2n) is 6.52. The molecule has 0 spiro atoms. The van der Waals surface area contributed by atoms with Crippen LogP contribution in [0.15, 0.2) is 48.5 Å².